The molecule has 0 aliphatic carbocycles. The molecule has 0 fully saturated rings. The minimum absolute atomic E-state index is 0.117. The summed E-state index contributed by atoms with van der Waals surface area (Å²) in [4.78, 5) is 22.9. The van der Waals surface area contributed by atoms with Crippen molar-refractivity contribution in [1.82, 2.24) is 9.97 Å². The van der Waals surface area contributed by atoms with Crippen LogP contribution in [0.2, 0.25) is 0 Å². The summed E-state index contributed by atoms with van der Waals surface area (Å²) in [5, 5.41) is 2.85. The first kappa shape index (κ1) is 15.4. The smallest absolute Gasteiger partial charge is 0.265 e. The van der Waals surface area contributed by atoms with E-state index in [1.165, 1.54) is 21.8 Å². The predicted molar refractivity (Wildman–Crippen MR) is 93.9 cm³/mol. The highest BCUT2D eigenvalue weighted by molar-refractivity contribution is 7.14. The van der Waals surface area contributed by atoms with Crippen LogP contribution in [0.3, 0.4) is 0 Å². The second kappa shape index (κ2) is 6.71. The van der Waals surface area contributed by atoms with Crippen LogP contribution in [-0.2, 0) is 6.42 Å². The minimum atomic E-state index is -0.117. The Hall–Kier alpha value is -2.53. The van der Waals surface area contributed by atoms with Gasteiger partial charge in [0.1, 0.15) is 0 Å². The molecule has 2 heterocycles. The van der Waals surface area contributed by atoms with Crippen LogP contribution in [-0.4, -0.2) is 15.9 Å². The number of nitrogens with one attached hydrogen (secondary N) is 1. The summed E-state index contributed by atoms with van der Waals surface area (Å²) in [6.45, 7) is 4.13. The standard InChI is InChI=1S/C18H17N3OS/c1-3-15-12(2)9-16(23-15)18(22)21-14-10-19-17(20-11-14)13-7-5-4-6-8-13/h4-11H,3H2,1-2H3,(H,21,22). The number of thiophene rings is 1. The molecule has 2 aromatic heterocycles. The first-order valence-corrected chi connectivity index (χ1v) is 8.27. The molecule has 0 aliphatic heterocycles. The number of aryl methyl sites for hydroxylation is 2. The summed E-state index contributed by atoms with van der Waals surface area (Å²) in [5.74, 6) is 0.526. The van der Waals surface area contributed by atoms with Crippen molar-refractivity contribution in [3.8, 4) is 11.4 Å². The molecule has 1 amide bonds. The Bertz CT molecular complexity index is 810. The second-order valence-corrected chi connectivity index (χ2v) is 6.32. The number of amides is 1. The monoisotopic (exact) mass is 323 g/mol. The number of carbonyl (C=O) groups excluding carboxylic acids is 1. The molecule has 3 aromatic rings. The molecule has 5 heteroatoms. The van der Waals surface area contributed by atoms with E-state index in [1.54, 1.807) is 12.4 Å². The fourth-order valence-corrected chi connectivity index (χ4v) is 3.31. The first-order valence-electron chi connectivity index (χ1n) is 7.45. The lowest BCUT2D eigenvalue weighted by atomic mass is 10.2. The van der Waals surface area contributed by atoms with Crippen LogP contribution in [0.1, 0.15) is 27.0 Å². The summed E-state index contributed by atoms with van der Waals surface area (Å²) in [5.41, 5.74) is 2.71. The highest BCUT2D eigenvalue weighted by atomic mass is 32.1. The number of hydrogen-bond acceptors (Lipinski definition) is 4. The first-order chi connectivity index (χ1) is 11.2. The highest BCUT2D eigenvalue weighted by Gasteiger charge is 2.12. The molecule has 1 aromatic carbocycles. The number of nitrogens with zero attached hydrogens (tertiary/aromatic N) is 2. The van der Waals surface area contributed by atoms with E-state index in [0.29, 0.717) is 16.4 Å². The third-order valence-electron chi connectivity index (χ3n) is 3.51. The van der Waals surface area contributed by atoms with Crippen molar-refractivity contribution in [3.63, 3.8) is 0 Å². The third kappa shape index (κ3) is 3.46. The maximum absolute atomic E-state index is 12.3. The topological polar surface area (TPSA) is 54.9 Å². The van der Waals surface area contributed by atoms with Crippen molar-refractivity contribution in [3.05, 3.63) is 64.1 Å². The molecule has 3 rings (SSSR count). The van der Waals surface area contributed by atoms with Gasteiger partial charge in [0.25, 0.3) is 5.91 Å². The van der Waals surface area contributed by atoms with Gasteiger partial charge in [-0.2, -0.15) is 0 Å². The van der Waals surface area contributed by atoms with Gasteiger partial charge < -0.3 is 5.32 Å². The Balaban J connectivity index is 1.74. The van der Waals surface area contributed by atoms with E-state index in [-0.39, 0.29) is 5.91 Å². The van der Waals surface area contributed by atoms with Crippen LogP contribution >= 0.6 is 11.3 Å². The van der Waals surface area contributed by atoms with Crippen LogP contribution in [0.15, 0.2) is 48.8 Å². The van der Waals surface area contributed by atoms with Crippen LogP contribution in [0.5, 0.6) is 0 Å². The van der Waals surface area contributed by atoms with E-state index in [2.05, 4.69) is 22.2 Å². The molecule has 0 spiro atoms. The van der Waals surface area contributed by atoms with Gasteiger partial charge in [-0.1, -0.05) is 37.3 Å². The van der Waals surface area contributed by atoms with Crippen LogP contribution in [0, 0.1) is 6.92 Å². The molecule has 0 saturated carbocycles. The predicted octanol–water partition coefficient (Wildman–Crippen LogP) is 4.33. The van der Waals surface area contributed by atoms with Crippen molar-refractivity contribution in [2.45, 2.75) is 20.3 Å². The Kier molecular flexibility index (Phi) is 4.48. The van der Waals surface area contributed by atoms with E-state index in [1.807, 2.05) is 43.3 Å². The molecule has 0 unspecified atom stereocenters. The lowest BCUT2D eigenvalue weighted by Gasteiger charge is -2.04. The van der Waals surface area contributed by atoms with Crippen molar-refractivity contribution >= 4 is 22.9 Å². The quantitative estimate of drug-likeness (QED) is 0.777. The normalized spacial score (nSPS) is 10.5. The summed E-state index contributed by atoms with van der Waals surface area (Å²) >= 11 is 1.53. The number of rotatable bonds is 4. The molecule has 1 N–H and O–H groups in total. The molecule has 0 bridgehead atoms. The lowest BCUT2D eigenvalue weighted by molar-refractivity contribution is 0.103. The van der Waals surface area contributed by atoms with Gasteiger partial charge in [0.15, 0.2) is 5.82 Å². The summed E-state index contributed by atoms with van der Waals surface area (Å²) in [7, 11) is 0. The Labute approximate surface area is 139 Å². The van der Waals surface area contributed by atoms with E-state index in [9.17, 15) is 4.79 Å². The lowest BCUT2D eigenvalue weighted by Crippen LogP contribution is -2.10. The Morgan fingerprint density at radius 3 is 2.48 bits per heavy atom. The van der Waals surface area contributed by atoms with Crippen LogP contribution < -0.4 is 5.32 Å². The van der Waals surface area contributed by atoms with Gasteiger partial charge in [0.2, 0.25) is 0 Å². The average Bonchev–Trinajstić information content (AvgIpc) is 2.97. The zero-order valence-corrected chi connectivity index (χ0v) is 13.9. The second-order valence-electron chi connectivity index (χ2n) is 5.19. The van der Waals surface area contributed by atoms with E-state index >= 15 is 0 Å². The molecular weight excluding hydrogens is 306 g/mol. The zero-order chi connectivity index (χ0) is 16.2. The van der Waals surface area contributed by atoms with E-state index < -0.39 is 0 Å². The average molecular weight is 323 g/mol. The Morgan fingerprint density at radius 1 is 1.17 bits per heavy atom. The van der Waals surface area contributed by atoms with Crippen molar-refractivity contribution < 1.29 is 4.79 Å². The maximum Gasteiger partial charge on any atom is 0.265 e. The summed E-state index contributed by atoms with van der Waals surface area (Å²) in [6.07, 6.45) is 4.21. The number of benzene rings is 1. The highest BCUT2D eigenvalue weighted by Crippen LogP contribution is 2.23. The van der Waals surface area contributed by atoms with Gasteiger partial charge in [-0.05, 0) is 25.0 Å². The fraction of sp³-hybridized carbons (Fsp3) is 0.167. The van der Waals surface area contributed by atoms with Crippen LogP contribution in [0.25, 0.3) is 11.4 Å². The van der Waals surface area contributed by atoms with Crippen molar-refractivity contribution in [1.29, 1.82) is 0 Å². The largest absolute Gasteiger partial charge is 0.319 e. The summed E-state index contributed by atoms with van der Waals surface area (Å²) in [6, 6.07) is 11.7. The molecule has 23 heavy (non-hydrogen) atoms. The molecule has 0 radical (unpaired) electrons. The molecule has 0 aliphatic rings. The van der Waals surface area contributed by atoms with Crippen molar-refractivity contribution in [2.24, 2.45) is 0 Å². The number of hydrogen-bond donors (Lipinski definition) is 1. The molecule has 0 atom stereocenters. The van der Waals surface area contributed by atoms with Crippen LogP contribution in [0.4, 0.5) is 5.69 Å². The van der Waals surface area contributed by atoms with Gasteiger partial charge in [0, 0.05) is 10.4 Å². The van der Waals surface area contributed by atoms with E-state index in [0.717, 1.165) is 12.0 Å². The van der Waals surface area contributed by atoms with Gasteiger partial charge in [-0.15, -0.1) is 11.3 Å². The van der Waals surface area contributed by atoms with Gasteiger partial charge in [-0.3, -0.25) is 4.79 Å². The van der Waals surface area contributed by atoms with Gasteiger partial charge >= 0.3 is 0 Å². The SMILES string of the molecule is CCc1sc(C(=O)Nc2cnc(-c3ccccc3)nc2)cc1C. The molecular formula is C18H17N3OS. The number of anilines is 1. The maximum atomic E-state index is 12.3. The number of carbonyl (C=O) groups is 1. The summed E-state index contributed by atoms with van der Waals surface area (Å²) < 4.78 is 0. The number of aromatic nitrogens is 2. The van der Waals surface area contributed by atoms with E-state index in [4.69, 9.17) is 0 Å². The van der Waals surface area contributed by atoms with Gasteiger partial charge in [0.05, 0.1) is 23.0 Å². The molecule has 0 saturated heterocycles. The molecule has 116 valence electrons. The minimum Gasteiger partial charge on any atom is -0.319 e. The van der Waals surface area contributed by atoms with Crippen molar-refractivity contribution in [2.75, 3.05) is 5.32 Å². The fourth-order valence-electron chi connectivity index (χ4n) is 2.30. The molecule has 4 nitrogen and oxygen atoms in total. The Morgan fingerprint density at radius 2 is 1.87 bits per heavy atom. The zero-order valence-electron chi connectivity index (χ0n) is 13.0. The van der Waals surface area contributed by atoms with Gasteiger partial charge in [-0.25, -0.2) is 9.97 Å². The third-order valence-corrected chi connectivity index (χ3v) is 4.89.